The molecule has 0 unspecified atom stereocenters. The molecule has 0 atom stereocenters. The van der Waals surface area contributed by atoms with Crippen LogP contribution in [0.3, 0.4) is 0 Å². The Labute approximate surface area is 152 Å². The largest absolute Gasteiger partial charge is 0.437 e. The third kappa shape index (κ3) is 4.06. The van der Waals surface area contributed by atoms with Gasteiger partial charge in [-0.2, -0.15) is 4.68 Å². The van der Waals surface area contributed by atoms with Gasteiger partial charge in [0.05, 0.1) is 4.88 Å². The van der Waals surface area contributed by atoms with E-state index in [1.54, 1.807) is 30.3 Å². The van der Waals surface area contributed by atoms with E-state index >= 15 is 0 Å². The highest BCUT2D eigenvalue weighted by atomic mass is 32.1. The summed E-state index contributed by atoms with van der Waals surface area (Å²) < 4.78 is 6.02. The molecule has 0 aliphatic heterocycles. The summed E-state index contributed by atoms with van der Waals surface area (Å²) in [5.74, 6) is -1.21. The monoisotopic (exact) mass is 372 g/mol. The first kappa shape index (κ1) is 17.6. The van der Waals surface area contributed by atoms with Gasteiger partial charge in [-0.3, -0.25) is 9.59 Å². The second-order valence-corrected chi connectivity index (χ2v) is 6.24. The summed E-state index contributed by atoms with van der Waals surface area (Å²) in [5, 5.41) is 11.2. The summed E-state index contributed by atoms with van der Waals surface area (Å²) in [6.45, 7) is 2.04. The second-order valence-electron chi connectivity index (χ2n) is 5.30. The van der Waals surface area contributed by atoms with Crippen LogP contribution in [0.5, 0.6) is 0 Å². The summed E-state index contributed by atoms with van der Waals surface area (Å²) in [6.07, 6.45) is 0. The van der Waals surface area contributed by atoms with E-state index < -0.39 is 11.7 Å². The fourth-order valence-corrected chi connectivity index (χ4v) is 2.89. The van der Waals surface area contributed by atoms with Crippen LogP contribution in [0.4, 0.5) is 5.69 Å². The van der Waals surface area contributed by atoms with Crippen molar-refractivity contribution in [1.82, 2.24) is 15.1 Å². The van der Waals surface area contributed by atoms with Crippen LogP contribution in [0.2, 0.25) is 0 Å². The van der Waals surface area contributed by atoms with Gasteiger partial charge in [-0.25, -0.2) is 4.79 Å². The molecule has 2 amide bonds. The van der Waals surface area contributed by atoms with Crippen molar-refractivity contribution in [3.05, 3.63) is 57.9 Å². The van der Waals surface area contributed by atoms with E-state index in [-0.39, 0.29) is 18.3 Å². The van der Waals surface area contributed by atoms with Crippen LogP contribution in [0.15, 0.2) is 51.0 Å². The van der Waals surface area contributed by atoms with E-state index in [1.165, 1.54) is 11.3 Å². The van der Waals surface area contributed by atoms with Crippen molar-refractivity contribution in [3.63, 3.8) is 0 Å². The molecule has 3 aromatic rings. The molecule has 0 saturated carbocycles. The molecule has 0 aliphatic carbocycles. The van der Waals surface area contributed by atoms with Crippen LogP contribution >= 0.6 is 11.3 Å². The minimum absolute atomic E-state index is 0.177. The number of nitrogens with zero attached hydrogens (tertiary/aromatic N) is 2. The Morgan fingerprint density at radius 1 is 1.27 bits per heavy atom. The molecule has 8 nitrogen and oxygen atoms in total. The molecule has 0 saturated heterocycles. The van der Waals surface area contributed by atoms with E-state index in [0.717, 1.165) is 4.68 Å². The number of nitrogens with one attached hydrogen (secondary N) is 2. The van der Waals surface area contributed by atoms with Gasteiger partial charge in [-0.1, -0.05) is 12.1 Å². The van der Waals surface area contributed by atoms with E-state index in [9.17, 15) is 14.4 Å². The van der Waals surface area contributed by atoms with Gasteiger partial charge in [-0.05, 0) is 36.6 Å². The Hall–Kier alpha value is -3.20. The molecule has 0 bridgehead atoms. The predicted octanol–water partition coefficient (Wildman–Crippen LogP) is 1.95. The summed E-state index contributed by atoms with van der Waals surface area (Å²) >= 11 is 1.38. The van der Waals surface area contributed by atoms with Crippen LogP contribution in [-0.2, 0) is 11.3 Å². The first-order valence-corrected chi connectivity index (χ1v) is 8.74. The topological polar surface area (TPSA) is 106 Å². The van der Waals surface area contributed by atoms with E-state index in [4.69, 9.17) is 4.42 Å². The van der Waals surface area contributed by atoms with Gasteiger partial charge in [-0.15, -0.1) is 16.4 Å². The molecule has 0 fully saturated rings. The van der Waals surface area contributed by atoms with Crippen molar-refractivity contribution in [2.75, 3.05) is 11.9 Å². The maximum Gasteiger partial charge on any atom is 0.437 e. The van der Waals surface area contributed by atoms with Gasteiger partial charge in [0.15, 0.2) is 0 Å². The van der Waals surface area contributed by atoms with Gasteiger partial charge < -0.3 is 15.1 Å². The van der Waals surface area contributed by atoms with Crippen LogP contribution < -0.4 is 16.4 Å². The zero-order valence-corrected chi connectivity index (χ0v) is 14.7. The van der Waals surface area contributed by atoms with Gasteiger partial charge >= 0.3 is 5.76 Å². The van der Waals surface area contributed by atoms with Crippen LogP contribution in [0.25, 0.3) is 10.8 Å². The third-order valence-corrected chi connectivity index (χ3v) is 4.24. The Balaban J connectivity index is 1.69. The summed E-state index contributed by atoms with van der Waals surface area (Å²) in [5.41, 5.74) is 0.886. The normalized spacial score (nSPS) is 10.5. The van der Waals surface area contributed by atoms with Gasteiger partial charge in [0.25, 0.3) is 11.8 Å². The molecule has 26 heavy (non-hydrogen) atoms. The smallest absolute Gasteiger partial charge is 0.387 e. The number of anilines is 1. The molecule has 0 radical (unpaired) electrons. The van der Waals surface area contributed by atoms with E-state index in [0.29, 0.717) is 22.7 Å². The van der Waals surface area contributed by atoms with Crippen molar-refractivity contribution < 1.29 is 14.0 Å². The van der Waals surface area contributed by atoms with Crippen LogP contribution in [0.1, 0.15) is 17.3 Å². The lowest BCUT2D eigenvalue weighted by atomic mass is 10.2. The molecule has 2 heterocycles. The molecule has 134 valence electrons. The van der Waals surface area contributed by atoms with Gasteiger partial charge in [0, 0.05) is 17.8 Å². The molecule has 3 rings (SSSR count). The van der Waals surface area contributed by atoms with E-state index in [1.807, 2.05) is 18.4 Å². The molecule has 0 spiro atoms. The lowest BCUT2D eigenvalue weighted by Crippen LogP contribution is -2.26. The van der Waals surface area contributed by atoms with Crippen molar-refractivity contribution in [2.24, 2.45) is 0 Å². The van der Waals surface area contributed by atoms with E-state index in [2.05, 4.69) is 15.7 Å². The Kier molecular flexibility index (Phi) is 5.28. The fourth-order valence-electron chi connectivity index (χ4n) is 2.24. The highest BCUT2D eigenvalue weighted by Gasteiger charge is 2.14. The molecule has 1 aromatic carbocycles. The van der Waals surface area contributed by atoms with Crippen LogP contribution in [-0.4, -0.2) is 28.1 Å². The van der Waals surface area contributed by atoms with Gasteiger partial charge in [0.1, 0.15) is 6.54 Å². The number of rotatable bonds is 6. The number of amides is 2. The average molecular weight is 372 g/mol. The lowest BCUT2D eigenvalue weighted by molar-refractivity contribution is -0.117. The predicted molar refractivity (Wildman–Crippen MR) is 97.2 cm³/mol. The maximum absolute atomic E-state index is 12.2. The van der Waals surface area contributed by atoms with Crippen LogP contribution in [0, 0.1) is 0 Å². The minimum atomic E-state index is -0.709. The highest BCUT2D eigenvalue weighted by Crippen LogP contribution is 2.21. The lowest BCUT2D eigenvalue weighted by Gasteiger charge is -2.07. The number of benzene rings is 1. The molecular weight excluding hydrogens is 356 g/mol. The highest BCUT2D eigenvalue weighted by molar-refractivity contribution is 7.13. The first-order chi connectivity index (χ1) is 12.6. The molecule has 2 aromatic heterocycles. The van der Waals surface area contributed by atoms with Crippen molar-refractivity contribution in [1.29, 1.82) is 0 Å². The Morgan fingerprint density at radius 3 is 2.85 bits per heavy atom. The fraction of sp³-hybridized carbons (Fsp3) is 0.176. The Morgan fingerprint density at radius 2 is 2.12 bits per heavy atom. The number of thiophene rings is 1. The Bertz CT molecular complexity index is 975. The number of carbonyl (C=O) groups excluding carboxylic acids is 2. The quantitative estimate of drug-likeness (QED) is 0.688. The number of carbonyl (C=O) groups is 2. The molecule has 0 aliphatic rings. The summed E-state index contributed by atoms with van der Waals surface area (Å²) in [4.78, 5) is 36.6. The summed E-state index contributed by atoms with van der Waals surface area (Å²) in [6, 6.07) is 10.1. The average Bonchev–Trinajstić information content (AvgIpc) is 3.26. The zero-order valence-electron chi connectivity index (χ0n) is 13.9. The van der Waals surface area contributed by atoms with Crippen molar-refractivity contribution in [3.8, 4) is 10.8 Å². The van der Waals surface area contributed by atoms with Gasteiger partial charge in [0.2, 0.25) is 5.91 Å². The number of aromatic nitrogens is 2. The summed E-state index contributed by atoms with van der Waals surface area (Å²) in [7, 11) is 0. The molecule has 9 heteroatoms. The third-order valence-electron chi connectivity index (χ3n) is 3.38. The van der Waals surface area contributed by atoms with Crippen molar-refractivity contribution in [2.45, 2.75) is 13.5 Å². The number of hydrogen-bond acceptors (Lipinski definition) is 6. The molecule has 2 N–H and O–H groups in total. The molecular formula is C17H16N4O4S. The standard InChI is InChI=1S/C17H16N4O4S/c1-2-18-15(23)11-5-3-6-12(9-11)19-14(22)10-21-17(24)25-16(20-21)13-7-4-8-26-13/h3-9H,2,10H2,1H3,(H,18,23)(H,19,22). The zero-order chi connectivity index (χ0) is 18.5. The first-order valence-electron chi connectivity index (χ1n) is 7.86. The maximum atomic E-state index is 12.2. The second kappa shape index (κ2) is 7.79. The SMILES string of the molecule is CCNC(=O)c1cccc(NC(=O)Cn2nc(-c3cccs3)oc2=O)c1. The van der Waals surface area contributed by atoms with Crippen molar-refractivity contribution >= 4 is 28.8 Å². The minimum Gasteiger partial charge on any atom is -0.387 e. The number of hydrogen-bond donors (Lipinski definition) is 2.